The fraction of sp³-hybridized carbons (Fsp3) is 0.536. The van der Waals surface area contributed by atoms with E-state index in [1.807, 2.05) is 24.3 Å². The van der Waals surface area contributed by atoms with Gasteiger partial charge in [0, 0.05) is 31.6 Å². The number of hydrogen-bond acceptors (Lipinski definition) is 8. The molecule has 1 atom stereocenters. The fourth-order valence-corrected chi connectivity index (χ4v) is 6.01. The Morgan fingerprint density at radius 2 is 1.89 bits per heavy atom. The molecule has 0 radical (unpaired) electrons. The van der Waals surface area contributed by atoms with E-state index in [0.29, 0.717) is 67.4 Å². The molecule has 0 aromatic heterocycles. The minimum atomic E-state index is -3.44. The summed E-state index contributed by atoms with van der Waals surface area (Å²) in [4.78, 5) is 11.9. The lowest BCUT2D eigenvalue weighted by atomic mass is 9.81. The Morgan fingerprint density at radius 3 is 2.58 bits per heavy atom. The number of carbonyl (C=O) groups excluding carboxylic acids is 1. The molecule has 1 saturated carbocycles. The van der Waals surface area contributed by atoms with Gasteiger partial charge in [-0.05, 0) is 68.4 Å². The first-order valence-corrected chi connectivity index (χ1v) is 15.1. The van der Waals surface area contributed by atoms with Gasteiger partial charge in [0.05, 0.1) is 30.7 Å². The molecule has 1 fully saturated rings. The highest BCUT2D eigenvalue weighted by atomic mass is 32.2. The Hall–Kier alpha value is -2.82. The van der Waals surface area contributed by atoms with Crippen LogP contribution in [-0.4, -0.2) is 70.8 Å². The number of fused-ring (bicyclic) bond motifs is 1. The number of esters is 1. The number of nitrogens with zero attached hydrogens (tertiary/aromatic N) is 1. The van der Waals surface area contributed by atoms with Crippen molar-refractivity contribution in [3.63, 3.8) is 0 Å². The number of aliphatic hydroxyl groups excluding tert-OH is 1. The van der Waals surface area contributed by atoms with E-state index < -0.39 is 16.1 Å². The molecule has 0 amide bonds. The van der Waals surface area contributed by atoms with E-state index >= 15 is 0 Å². The highest BCUT2D eigenvalue weighted by Crippen LogP contribution is 2.36. The van der Waals surface area contributed by atoms with Gasteiger partial charge >= 0.3 is 5.97 Å². The van der Waals surface area contributed by atoms with Crippen molar-refractivity contribution in [3.05, 3.63) is 53.6 Å². The highest BCUT2D eigenvalue weighted by molar-refractivity contribution is 7.92. The molecule has 0 bridgehead atoms. The molecule has 2 aromatic carbocycles. The predicted octanol–water partition coefficient (Wildman–Crippen LogP) is 3.47. The van der Waals surface area contributed by atoms with Crippen LogP contribution in [0.1, 0.15) is 60.9 Å². The first-order chi connectivity index (χ1) is 18.2. The van der Waals surface area contributed by atoms with Gasteiger partial charge in [-0.25, -0.2) is 13.2 Å². The number of hydrogen-bond donors (Lipinski definition) is 2. The molecule has 2 N–H and O–H groups in total. The molecule has 0 spiro atoms. The number of aliphatic hydroxyl groups is 1. The van der Waals surface area contributed by atoms with E-state index in [9.17, 15) is 18.3 Å². The summed E-state index contributed by atoms with van der Waals surface area (Å²) in [6.07, 6.45) is 5.17. The van der Waals surface area contributed by atoms with Gasteiger partial charge in [-0.1, -0.05) is 12.1 Å². The summed E-state index contributed by atoms with van der Waals surface area (Å²) < 4.78 is 42.3. The van der Waals surface area contributed by atoms with Gasteiger partial charge in [0.2, 0.25) is 10.0 Å². The van der Waals surface area contributed by atoms with Crippen molar-refractivity contribution in [3.8, 4) is 11.5 Å². The van der Waals surface area contributed by atoms with Crippen LogP contribution in [0.4, 0.5) is 5.69 Å². The largest absolute Gasteiger partial charge is 0.491 e. The highest BCUT2D eigenvalue weighted by Gasteiger charge is 2.25. The van der Waals surface area contributed by atoms with Crippen molar-refractivity contribution in [2.24, 2.45) is 0 Å². The van der Waals surface area contributed by atoms with Crippen molar-refractivity contribution in [2.45, 2.75) is 57.1 Å². The van der Waals surface area contributed by atoms with Gasteiger partial charge in [-0.15, -0.1) is 0 Å². The van der Waals surface area contributed by atoms with Crippen LogP contribution in [0.5, 0.6) is 11.5 Å². The quantitative estimate of drug-likeness (QED) is 0.436. The molecule has 0 unspecified atom stereocenters. The molecular formula is C28H38N2O7S. The van der Waals surface area contributed by atoms with E-state index in [-0.39, 0.29) is 12.6 Å². The lowest BCUT2D eigenvalue weighted by molar-refractivity contribution is 0.0526. The van der Waals surface area contributed by atoms with Crippen molar-refractivity contribution < 1.29 is 32.5 Å². The zero-order chi connectivity index (χ0) is 27.1. The fourth-order valence-electron chi connectivity index (χ4n) is 5.05. The second-order valence-electron chi connectivity index (χ2n) is 9.93. The molecule has 208 valence electrons. The Balaban J connectivity index is 1.22. The Morgan fingerprint density at radius 1 is 1.16 bits per heavy atom. The summed E-state index contributed by atoms with van der Waals surface area (Å²) in [5.74, 6) is 1.16. The maximum atomic E-state index is 12.2. The van der Waals surface area contributed by atoms with Crippen LogP contribution >= 0.6 is 0 Å². The molecular weight excluding hydrogens is 508 g/mol. The summed E-state index contributed by atoms with van der Waals surface area (Å²) in [6, 6.07) is 13.1. The van der Waals surface area contributed by atoms with Gasteiger partial charge in [0.25, 0.3) is 0 Å². The van der Waals surface area contributed by atoms with Crippen LogP contribution in [0.2, 0.25) is 0 Å². The van der Waals surface area contributed by atoms with Crippen LogP contribution in [0.25, 0.3) is 0 Å². The summed E-state index contributed by atoms with van der Waals surface area (Å²) in [5, 5.41) is 13.9. The molecule has 38 heavy (non-hydrogen) atoms. The van der Waals surface area contributed by atoms with Gasteiger partial charge in [-0.3, -0.25) is 4.31 Å². The number of carbonyl (C=O) groups is 1. The summed E-state index contributed by atoms with van der Waals surface area (Å²) in [5.41, 5.74) is 2.28. The van der Waals surface area contributed by atoms with E-state index in [4.69, 9.17) is 14.2 Å². The summed E-state index contributed by atoms with van der Waals surface area (Å²) >= 11 is 0. The first kappa shape index (κ1) is 28.2. The maximum absolute atomic E-state index is 12.2. The van der Waals surface area contributed by atoms with Gasteiger partial charge in [0.1, 0.15) is 24.2 Å². The smallest absolute Gasteiger partial charge is 0.338 e. The first-order valence-electron chi connectivity index (χ1n) is 13.3. The number of rotatable bonds is 10. The van der Waals surface area contributed by atoms with Gasteiger partial charge in [-0.2, -0.15) is 0 Å². The van der Waals surface area contributed by atoms with Gasteiger partial charge < -0.3 is 24.6 Å². The second kappa shape index (κ2) is 12.8. The number of anilines is 1. The van der Waals surface area contributed by atoms with Crippen molar-refractivity contribution >= 4 is 21.7 Å². The average molecular weight is 547 g/mol. The Labute approximate surface area is 225 Å². The van der Waals surface area contributed by atoms with Crippen molar-refractivity contribution in [1.82, 2.24) is 5.32 Å². The second-order valence-corrected chi connectivity index (χ2v) is 11.8. The predicted molar refractivity (Wildman–Crippen MR) is 146 cm³/mol. The number of ether oxygens (including phenoxy) is 3. The minimum absolute atomic E-state index is 0.0910. The van der Waals surface area contributed by atoms with E-state index in [1.165, 1.54) is 16.1 Å². The van der Waals surface area contributed by atoms with Crippen molar-refractivity contribution in [2.75, 3.05) is 43.5 Å². The van der Waals surface area contributed by atoms with E-state index in [2.05, 4.69) is 5.32 Å². The third-order valence-corrected chi connectivity index (χ3v) is 8.25. The van der Waals surface area contributed by atoms with Crippen LogP contribution in [-0.2, 0) is 14.8 Å². The minimum Gasteiger partial charge on any atom is -0.491 e. The topological polar surface area (TPSA) is 114 Å². The Kier molecular flexibility index (Phi) is 9.51. The molecule has 1 heterocycles. The van der Waals surface area contributed by atoms with Crippen LogP contribution in [0.15, 0.2) is 42.5 Å². The summed E-state index contributed by atoms with van der Waals surface area (Å²) in [7, 11) is -3.44. The Bertz CT molecular complexity index is 1180. The van der Waals surface area contributed by atoms with Crippen LogP contribution in [0, 0.1) is 0 Å². The number of nitrogens with one attached hydrogen (secondary N) is 1. The molecule has 4 rings (SSSR count). The zero-order valence-electron chi connectivity index (χ0n) is 22.1. The third kappa shape index (κ3) is 7.39. The van der Waals surface area contributed by atoms with Crippen LogP contribution < -0.4 is 19.1 Å². The SMILES string of the molecule is CCOC(=O)c1ccc(C2CCC(NC[C@H](O)COc3ccc4c(c3)N(S(C)(=O)=O)CCCO4)CC2)cc1. The normalized spacial score (nSPS) is 20.6. The monoisotopic (exact) mass is 546 g/mol. The molecule has 9 nitrogen and oxygen atoms in total. The maximum Gasteiger partial charge on any atom is 0.338 e. The van der Waals surface area contributed by atoms with E-state index in [0.717, 1.165) is 25.7 Å². The molecule has 2 aliphatic rings. The van der Waals surface area contributed by atoms with Gasteiger partial charge in [0.15, 0.2) is 0 Å². The molecule has 1 aliphatic carbocycles. The third-order valence-electron chi connectivity index (χ3n) is 7.07. The van der Waals surface area contributed by atoms with Crippen molar-refractivity contribution in [1.29, 1.82) is 0 Å². The molecule has 10 heteroatoms. The summed E-state index contributed by atoms with van der Waals surface area (Å²) in [6.45, 7) is 3.47. The lowest BCUT2D eigenvalue weighted by Gasteiger charge is -2.30. The number of benzene rings is 2. The lowest BCUT2D eigenvalue weighted by Crippen LogP contribution is -2.39. The average Bonchev–Trinajstić information content (AvgIpc) is 3.13. The standard InChI is InChI=1S/C28H38N2O7S/c1-3-35-28(32)22-7-5-20(6-8-22)21-9-11-23(12-10-21)29-18-24(31)19-37-25-13-14-27-26(17-25)30(38(2,33)34)15-4-16-36-27/h5-8,13-14,17,21,23-24,29,31H,3-4,9-12,15-16,18-19H2,1-2H3/t21?,23?,24-/m0/s1. The van der Waals surface area contributed by atoms with E-state index in [1.54, 1.807) is 25.1 Å². The number of sulfonamides is 1. The van der Waals surface area contributed by atoms with Crippen LogP contribution in [0.3, 0.4) is 0 Å². The molecule has 2 aromatic rings. The zero-order valence-corrected chi connectivity index (χ0v) is 22.9. The molecule has 0 saturated heterocycles. The molecule has 1 aliphatic heterocycles.